The Kier molecular flexibility index (Phi) is 3.86. The molecule has 0 bridgehead atoms. The fraction of sp³-hybridized carbons (Fsp3) is 0.667. The van der Waals surface area contributed by atoms with Crippen LogP contribution in [-0.4, -0.2) is 11.3 Å². The van der Waals surface area contributed by atoms with Gasteiger partial charge in [0.05, 0.1) is 5.71 Å². The van der Waals surface area contributed by atoms with Crippen LogP contribution in [0, 0.1) is 0 Å². The van der Waals surface area contributed by atoms with Crippen molar-refractivity contribution in [2.75, 3.05) is 0 Å². The molecule has 2 heteroatoms. The molecule has 0 heterocycles. The molecule has 64 valence electrons. The van der Waals surface area contributed by atoms with Crippen molar-refractivity contribution in [1.82, 2.24) is 5.43 Å². The first-order chi connectivity index (χ1) is 5.02. The van der Waals surface area contributed by atoms with Crippen molar-refractivity contribution in [3.63, 3.8) is 0 Å². The topological polar surface area (TPSA) is 24.4 Å². The molecule has 0 atom stereocenters. The molecule has 0 aliphatic heterocycles. The second kappa shape index (κ2) is 4.16. The van der Waals surface area contributed by atoms with Crippen LogP contribution >= 0.6 is 0 Å². The molecule has 0 saturated heterocycles. The molecule has 2 nitrogen and oxygen atoms in total. The first-order valence-corrected chi connectivity index (χ1v) is 3.95. The highest BCUT2D eigenvalue weighted by atomic mass is 15.3. The molecule has 0 aliphatic rings. The maximum absolute atomic E-state index is 4.13. The molecule has 0 unspecified atom stereocenters. The predicted octanol–water partition coefficient (Wildman–Crippen LogP) is 2.33. The van der Waals surface area contributed by atoms with Gasteiger partial charge in [-0.25, -0.2) is 0 Å². The molecule has 0 amide bonds. The summed E-state index contributed by atoms with van der Waals surface area (Å²) in [7, 11) is 0. The van der Waals surface area contributed by atoms with Gasteiger partial charge in [-0.05, 0) is 33.3 Å². The second-order valence-corrected chi connectivity index (χ2v) is 3.31. The van der Waals surface area contributed by atoms with E-state index in [0.717, 1.165) is 12.1 Å². The largest absolute Gasteiger partial charge is 0.304 e. The summed E-state index contributed by atoms with van der Waals surface area (Å²) < 4.78 is 0. The van der Waals surface area contributed by atoms with E-state index in [2.05, 4.69) is 37.9 Å². The van der Waals surface area contributed by atoms with Gasteiger partial charge >= 0.3 is 0 Å². The van der Waals surface area contributed by atoms with Crippen molar-refractivity contribution < 1.29 is 0 Å². The Balaban J connectivity index is 3.95. The zero-order chi connectivity index (χ0) is 8.91. The fourth-order valence-corrected chi connectivity index (χ4v) is 0.364. The summed E-state index contributed by atoms with van der Waals surface area (Å²) in [6.07, 6.45) is 2.79. The van der Waals surface area contributed by atoms with Crippen molar-refractivity contribution in [1.29, 1.82) is 0 Å². The molecule has 0 radical (unpaired) electrons. The fourth-order valence-electron chi connectivity index (χ4n) is 0.364. The molecule has 0 aliphatic carbocycles. The standard InChI is InChI=1S/C9H18N2/c1-6-8(3)10-11-9(4,5)7-2/h6,11H,1,7H2,2-5H3. The van der Waals surface area contributed by atoms with E-state index in [-0.39, 0.29) is 5.54 Å². The normalized spacial score (nSPS) is 12.9. The van der Waals surface area contributed by atoms with Crippen LogP contribution in [0.4, 0.5) is 0 Å². The summed E-state index contributed by atoms with van der Waals surface area (Å²) in [6.45, 7) is 11.9. The van der Waals surface area contributed by atoms with Gasteiger partial charge in [0.2, 0.25) is 0 Å². The highest BCUT2D eigenvalue weighted by Crippen LogP contribution is 2.06. The average Bonchev–Trinajstić information content (AvgIpc) is 2.00. The Morgan fingerprint density at radius 1 is 1.64 bits per heavy atom. The van der Waals surface area contributed by atoms with Crippen LogP contribution in [0.3, 0.4) is 0 Å². The Labute approximate surface area is 69.4 Å². The molecule has 0 aromatic carbocycles. The lowest BCUT2D eigenvalue weighted by molar-refractivity contribution is 0.388. The first kappa shape index (κ1) is 10.2. The quantitative estimate of drug-likeness (QED) is 0.488. The molecule has 0 fully saturated rings. The third kappa shape index (κ3) is 4.59. The van der Waals surface area contributed by atoms with Gasteiger partial charge in [0.25, 0.3) is 0 Å². The predicted molar refractivity (Wildman–Crippen MR) is 50.8 cm³/mol. The molecule has 0 saturated carbocycles. The lowest BCUT2D eigenvalue weighted by Gasteiger charge is -2.22. The van der Waals surface area contributed by atoms with Crippen molar-refractivity contribution in [2.24, 2.45) is 5.10 Å². The molecule has 1 N–H and O–H groups in total. The maximum atomic E-state index is 4.13. The molecule has 0 aromatic heterocycles. The van der Waals surface area contributed by atoms with E-state index in [9.17, 15) is 0 Å². The first-order valence-electron chi connectivity index (χ1n) is 3.95. The zero-order valence-corrected chi connectivity index (χ0v) is 7.94. The highest BCUT2D eigenvalue weighted by Gasteiger charge is 2.11. The van der Waals surface area contributed by atoms with Crippen molar-refractivity contribution in [2.45, 2.75) is 39.7 Å². The van der Waals surface area contributed by atoms with Crippen LogP contribution in [0.1, 0.15) is 34.1 Å². The monoisotopic (exact) mass is 154 g/mol. The number of hydrogen-bond donors (Lipinski definition) is 1. The number of nitrogens with zero attached hydrogens (tertiary/aromatic N) is 1. The van der Waals surface area contributed by atoms with Crippen LogP contribution in [0.5, 0.6) is 0 Å². The number of hydrogen-bond acceptors (Lipinski definition) is 2. The summed E-state index contributed by atoms with van der Waals surface area (Å²) in [5.74, 6) is 0. The van der Waals surface area contributed by atoms with E-state index in [4.69, 9.17) is 0 Å². The van der Waals surface area contributed by atoms with E-state index >= 15 is 0 Å². The Bertz CT molecular complexity index is 157. The van der Waals surface area contributed by atoms with Gasteiger partial charge in [-0.1, -0.05) is 13.5 Å². The second-order valence-electron chi connectivity index (χ2n) is 3.31. The van der Waals surface area contributed by atoms with Crippen molar-refractivity contribution in [3.05, 3.63) is 12.7 Å². The van der Waals surface area contributed by atoms with Gasteiger partial charge in [0.15, 0.2) is 0 Å². The Morgan fingerprint density at radius 3 is 2.55 bits per heavy atom. The number of rotatable bonds is 4. The SMILES string of the molecule is C=CC(C)=NNC(C)(C)CC. The lowest BCUT2D eigenvalue weighted by Crippen LogP contribution is -2.34. The number of nitrogens with one attached hydrogen (secondary N) is 1. The summed E-state index contributed by atoms with van der Waals surface area (Å²) in [5.41, 5.74) is 4.09. The van der Waals surface area contributed by atoms with E-state index in [0.29, 0.717) is 0 Å². The zero-order valence-electron chi connectivity index (χ0n) is 7.94. The maximum Gasteiger partial charge on any atom is 0.0566 e. The van der Waals surface area contributed by atoms with Gasteiger partial charge in [0, 0.05) is 5.54 Å². The summed E-state index contributed by atoms with van der Waals surface area (Å²) in [6, 6.07) is 0. The van der Waals surface area contributed by atoms with Crippen LogP contribution in [0.2, 0.25) is 0 Å². The molecule has 11 heavy (non-hydrogen) atoms. The van der Waals surface area contributed by atoms with Crippen LogP contribution in [0.15, 0.2) is 17.8 Å². The van der Waals surface area contributed by atoms with E-state index in [1.54, 1.807) is 6.08 Å². The lowest BCUT2D eigenvalue weighted by atomic mass is 10.0. The molecule has 0 aromatic rings. The van der Waals surface area contributed by atoms with E-state index in [1.807, 2.05) is 6.92 Å². The Morgan fingerprint density at radius 2 is 2.18 bits per heavy atom. The minimum absolute atomic E-state index is 0.0876. The van der Waals surface area contributed by atoms with Crippen molar-refractivity contribution >= 4 is 5.71 Å². The summed E-state index contributed by atoms with van der Waals surface area (Å²) in [5, 5.41) is 4.13. The van der Waals surface area contributed by atoms with Crippen LogP contribution in [0.25, 0.3) is 0 Å². The number of hydrazone groups is 1. The van der Waals surface area contributed by atoms with Gasteiger partial charge in [-0.3, -0.25) is 0 Å². The summed E-state index contributed by atoms with van der Waals surface area (Å²) in [4.78, 5) is 0. The van der Waals surface area contributed by atoms with Crippen LogP contribution < -0.4 is 5.43 Å². The third-order valence-electron chi connectivity index (χ3n) is 1.71. The molecule has 0 rings (SSSR count). The van der Waals surface area contributed by atoms with Gasteiger partial charge in [-0.2, -0.15) is 5.10 Å². The molecular weight excluding hydrogens is 136 g/mol. The van der Waals surface area contributed by atoms with E-state index in [1.165, 1.54) is 0 Å². The Hall–Kier alpha value is -0.790. The van der Waals surface area contributed by atoms with Crippen LogP contribution in [-0.2, 0) is 0 Å². The highest BCUT2D eigenvalue weighted by molar-refractivity contribution is 5.91. The number of allylic oxidation sites excluding steroid dienone is 1. The smallest absolute Gasteiger partial charge is 0.0566 e. The third-order valence-corrected chi connectivity index (χ3v) is 1.71. The average molecular weight is 154 g/mol. The summed E-state index contributed by atoms with van der Waals surface area (Å²) >= 11 is 0. The van der Waals surface area contributed by atoms with Gasteiger partial charge in [-0.15, -0.1) is 0 Å². The van der Waals surface area contributed by atoms with E-state index < -0.39 is 0 Å². The molecular formula is C9H18N2. The van der Waals surface area contributed by atoms with Gasteiger partial charge in [0.1, 0.15) is 0 Å². The minimum Gasteiger partial charge on any atom is -0.304 e. The van der Waals surface area contributed by atoms with Gasteiger partial charge < -0.3 is 5.43 Å². The molecule has 0 spiro atoms. The van der Waals surface area contributed by atoms with Crippen molar-refractivity contribution in [3.8, 4) is 0 Å². The minimum atomic E-state index is 0.0876.